The number of nitrogens with zero attached hydrogens (tertiary/aromatic N) is 3. The van der Waals surface area contributed by atoms with Crippen LogP contribution in [0.1, 0.15) is 45.9 Å². The van der Waals surface area contributed by atoms with Gasteiger partial charge in [0.15, 0.2) is 0 Å². The minimum atomic E-state index is 0.0418. The average molecular weight is 334 g/mol. The number of fused-ring (bicyclic) bond motifs is 1. The minimum absolute atomic E-state index is 0.0418. The molecule has 0 saturated carbocycles. The molecule has 25 heavy (non-hydrogen) atoms. The summed E-state index contributed by atoms with van der Waals surface area (Å²) in [7, 11) is 0. The maximum Gasteiger partial charge on any atom is 0.272 e. The van der Waals surface area contributed by atoms with E-state index in [0.717, 1.165) is 48.1 Å². The molecule has 1 atom stereocenters. The molecule has 5 heteroatoms. The second-order valence-corrected chi connectivity index (χ2v) is 6.91. The summed E-state index contributed by atoms with van der Waals surface area (Å²) in [5.74, 6) is 0.376. The van der Waals surface area contributed by atoms with Gasteiger partial charge in [0.25, 0.3) is 5.91 Å². The Morgan fingerprint density at radius 2 is 2.20 bits per heavy atom. The summed E-state index contributed by atoms with van der Waals surface area (Å²) in [6.07, 6.45) is 7.71. The van der Waals surface area contributed by atoms with Crippen LogP contribution < -0.4 is 0 Å². The van der Waals surface area contributed by atoms with Crippen LogP contribution in [0.25, 0.3) is 11.0 Å². The Bertz CT molecular complexity index is 930. The van der Waals surface area contributed by atoms with Crippen molar-refractivity contribution in [3.05, 3.63) is 59.2 Å². The fourth-order valence-electron chi connectivity index (χ4n) is 3.82. The molecule has 128 valence electrons. The van der Waals surface area contributed by atoms with E-state index in [1.54, 1.807) is 12.4 Å². The number of hydrogen-bond donors (Lipinski definition) is 1. The quantitative estimate of drug-likeness (QED) is 0.779. The number of nitrogens with one attached hydrogen (secondary N) is 1. The molecule has 1 unspecified atom stereocenters. The number of aromatic amines is 1. The highest BCUT2D eigenvalue weighted by molar-refractivity contribution is 5.94. The van der Waals surface area contributed by atoms with Crippen molar-refractivity contribution in [2.24, 2.45) is 0 Å². The molecule has 1 saturated heterocycles. The molecule has 0 radical (unpaired) electrons. The first-order chi connectivity index (χ1) is 12.1. The highest BCUT2D eigenvalue weighted by Crippen LogP contribution is 2.32. The number of aryl methyl sites for hydroxylation is 2. The molecule has 0 aromatic carbocycles. The standard InChI is InChI=1S/C20H22N4O/c1-13-9-14(2)18(22-10-13)20(25)24-8-4-5-15(12-24)17-11-23-19-16(17)6-3-7-21-19/h3,6-7,9-11,15H,4-5,8,12H2,1-2H3,(H,21,23). The number of piperidine rings is 1. The summed E-state index contributed by atoms with van der Waals surface area (Å²) in [6.45, 7) is 5.48. The van der Waals surface area contributed by atoms with Crippen LogP contribution in [0.15, 0.2) is 36.8 Å². The summed E-state index contributed by atoms with van der Waals surface area (Å²) < 4.78 is 0. The van der Waals surface area contributed by atoms with E-state index in [4.69, 9.17) is 0 Å². The lowest BCUT2D eigenvalue weighted by Gasteiger charge is -2.32. The van der Waals surface area contributed by atoms with E-state index in [0.29, 0.717) is 11.6 Å². The summed E-state index contributed by atoms with van der Waals surface area (Å²) in [4.78, 5) is 26.9. The molecule has 1 amide bonds. The molecule has 0 spiro atoms. The van der Waals surface area contributed by atoms with Gasteiger partial charge in [0.2, 0.25) is 0 Å². The van der Waals surface area contributed by atoms with E-state index in [9.17, 15) is 4.79 Å². The van der Waals surface area contributed by atoms with Gasteiger partial charge in [-0.1, -0.05) is 6.07 Å². The van der Waals surface area contributed by atoms with Crippen molar-refractivity contribution in [3.63, 3.8) is 0 Å². The maximum atomic E-state index is 13.0. The Hall–Kier alpha value is -2.69. The fourth-order valence-corrected chi connectivity index (χ4v) is 3.82. The number of hydrogen-bond acceptors (Lipinski definition) is 3. The lowest BCUT2D eigenvalue weighted by atomic mass is 9.90. The Morgan fingerprint density at radius 3 is 3.04 bits per heavy atom. The van der Waals surface area contributed by atoms with Gasteiger partial charge in [-0.15, -0.1) is 0 Å². The van der Waals surface area contributed by atoms with Crippen LogP contribution in [0.4, 0.5) is 0 Å². The lowest BCUT2D eigenvalue weighted by molar-refractivity contribution is 0.0700. The Balaban J connectivity index is 1.59. The van der Waals surface area contributed by atoms with Gasteiger partial charge in [0.05, 0.1) is 0 Å². The van der Waals surface area contributed by atoms with E-state index in [2.05, 4.69) is 21.0 Å². The maximum absolute atomic E-state index is 13.0. The van der Waals surface area contributed by atoms with Gasteiger partial charge in [-0.2, -0.15) is 0 Å². The molecule has 1 aliphatic rings. The molecule has 1 N–H and O–H groups in total. The monoisotopic (exact) mass is 334 g/mol. The van der Waals surface area contributed by atoms with E-state index >= 15 is 0 Å². The van der Waals surface area contributed by atoms with Crippen LogP contribution in [0.3, 0.4) is 0 Å². The molecular formula is C20H22N4O. The van der Waals surface area contributed by atoms with E-state index in [1.807, 2.05) is 37.1 Å². The third-order valence-electron chi connectivity index (χ3n) is 5.05. The molecule has 0 bridgehead atoms. The van der Waals surface area contributed by atoms with Crippen molar-refractivity contribution in [3.8, 4) is 0 Å². The topological polar surface area (TPSA) is 61.9 Å². The fraction of sp³-hybridized carbons (Fsp3) is 0.350. The zero-order chi connectivity index (χ0) is 17.4. The van der Waals surface area contributed by atoms with Crippen LogP contribution in [0.5, 0.6) is 0 Å². The number of likely N-dealkylation sites (tertiary alicyclic amines) is 1. The number of carbonyl (C=O) groups is 1. The summed E-state index contributed by atoms with van der Waals surface area (Å²) >= 11 is 0. The van der Waals surface area contributed by atoms with E-state index in [-0.39, 0.29) is 5.91 Å². The van der Waals surface area contributed by atoms with Crippen molar-refractivity contribution in [2.75, 3.05) is 13.1 Å². The molecule has 4 heterocycles. The number of rotatable bonds is 2. The van der Waals surface area contributed by atoms with Gasteiger partial charge in [0.1, 0.15) is 11.3 Å². The highest BCUT2D eigenvalue weighted by Gasteiger charge is 2.28. The first-order valence-corrected chi connectivity index (χ1v) is 8.78. The van der Waals surface area contributed by atoms with E-state index < -0.39 is 0 Å². The van der Waals surface area contributed by atoms with E-state index in [1.165, 1.54) is 5.56 Å². The molecule has 4 rings (SSSR count). The van der Waals surface area contributed by atoms with Crippen molar-refractivity contribution >= 4 is 16.9 Å². The number of pyridine rings is 2. The predicted octanol–water partition coefficient (Wildman–Crippen LogP) is 3.59. The van der Waals surface area contributed by atoms with Crippen LogP contribution in [-0.2, 0) is 0 Å². The second kappa shape index (κ2) is 6.31. The van der Waals surface area contributed by atoms with Gasteiger partial charge < -0.3 is 9.88 Å². The Kier molecular flexibility index (Phi) is 3.99. The smallest absolute Gasteiger partial charge is 0.272 e. The third kappa shape index (κ3) is 2.90. The van der Waals surface area contributed by atoms with Gasteiger partial charge in [-0.3, -0.25) is 9.78 Å². The van der Waals surface area contributed by atoms with Gasteiger partial charge in [-0.25, -0.2) is 4.98 Å². The molecule has 3 aromatic rings. The third-order valence-corrected chi connectivity index (χ3v) is 5.05. The summed E-state index contributed by atoms with van der Waals surface area (Å²) in [5, 5.41) is 1.16. The van der Waals surface area contributed by atoms with Crippen LogP contribution in [0, 0.1) is 13.8 Å². The zero-order valence-corrected chi connectivity index (χ0v) is 14.6. The van der Waals surface area contributed by atoms with Crippen molar-refractivity contribution in [2.45, 2.75) is 32.6 Å². The normalized spacial score (nSPS) is 17.8. The largest absolute Gasteiger partial charge is 0.346 e. The molecule has 1 aliphatic heterocycles. The van der Waals surface area contributed by atoms with Crippen molar-refractivity contribution in [1.29, 1.82) is 0 Å². The zero-order valence-electron chi connectivity index (χ0n) is 14.6. The number of H-pyrrole nitrogens is 1. The molecule has 5 nitrogen and oxygen atoms in total. The average Bonchev–Trinajstić information content (AvgIpc) is 3.05. The summed E-state index contributed by atoms with van der Waals surface area (Å²) in [5.41, 5.74) is 4.78. The Labute approximate surface area is 147 Å². The Morgan fingerprint density at radius 1 is 1.32 bits per heavy atom. The van der Waals surface area contributed by atoms with Crippen LogP contribution >= 0.6 is 0 Å². The first-order valence-electron chi connectivity index (χ1n) is 8.78. The lowest BCUT2D eigenvalue weighted by Crippen LogP contribution is -2.39. The second-order valence-electron chi connectivity index (χ2n) is 6.91. The van der Waals surface area contributed by atoms with Crippen molar-refractivity contribution in [1.82, 2.24) is 19.9 Å². The van der Waals surface area contributed by atoms with Gasteiger partial charge in [0, 0.05) is 43.0 Å². The highest BCUT2D eigenvalue weighted by atomic mass is 16.2. The summed E-state index contributed by atoms with van der Waals surface area (Å²) in [6, 6.07) is 6.08. The molecular weight excluding hydrogens is 312 g/mol. The van der Waals surface area contributed by atoms with Gasteiger partial charge in [-0.05, 0) is 55.5 Å². The van der Waals surface area contributed by atoms with Crippen molar-refractivity contribution < 1.29 is 4.79 Å². The molecule has 0 aliphatic carbocycles. The number of carbonyl (C=O) groups excluding carboxylic acids is 1. The SMILES string of the molecule is Cc1cnc(C(=O)N2CCCC(c3c[nH]c4ncccc34)C2)c(C)c1. The predicted molar refractivity (Wildman–Crippen MR) is 97.7 cm³/mol. The molecule has 3 aromatic heterocycles. The number of aromatic nitrogens is 3. The number of amides is 1. The minimum Gasteiger partial charge on any atom is -0.346 e. The van der Waals surface area contributed by atoms with Crippen LogP contribution in [-0.4, -0.2) is 38.8 Å². The van der Waals surface area contributed by atoms with Gasteiger partial charge >= 0.3 is 0 Å². The molecule has 1 fully saturated rings. The first kappa shape index (κ1) is 15.8. The van der Waals surface area contributed by atoms with Crippen LogP contribution in [0.2, 0.25) is 0 Å².